The van der Waals surface area contributed by atoms with Crippen molar-refractivity contribution in [1.29, 1.82) is 5.26 Å². The van der Waals surface area contributed by atoms with Crippen LogP contribution in [-0.2, 0) is 20.8 Å². The van der Waals surface area contributed by atoms with E-state index in [9.17, 15) is 19.6 Å². The van der Waals surface area contributed by atoms with Gasteiger partial charge in [0.2, 0.25) is 0 Å². The van der Waals surface area contributed by atoms with Crippen molar-refractivity contribution in [2.75, 3.05) is 29.9 Å². The first kappa shape index (κ1) is 20.7. The Morgan fingerprint density at radius 2 is 2.03 bits per heavy atom. The quantitative estimate of drug-likeness (QED) is 0.438. The highest BCUT2D eigenvalue weighted by molar-refractivity contribution is 6.39. The fourth-order valence-electron chi connectivity index (χ4n) is 3.79. The molecule has 0 bridgehead atoms. The average Bonchev–Trinajstić information content (AvgIpc) is 3.12. The largest absolute Gasteiger partial charge is 0.426 e. The number of carbonyl (C=O) groups is 3. The molecule has 1 fully saturated rings. The van der Waals surface area contributed by atoms with Crippen LogP contribution in [0.15, 0.2) is 36.4 Å². The maximum atomic E-state index is 12.7. The van der Waals surface area contributed by atoms with Crippen molar-refractivity contribution in [3.8, 4) is 11.8 Å². The van der Waals surface area contributed by atoms with Gasteiger partial charge in [-0.1, -0.05) is 17.7 Å². The van der Waals surface area contributed by atoms with Crippen LogP contribution in [0.1, 0.15) is 18.1 Å². The van der Waals surface area contributed by atoms with E-state index in [4.69, 9.17) is 16.3 Å². The number of hydrogen-bond donors (Lipinski definition) is 1. The molecule has 0 saturated carbocycles. The number of piperazine rings is 1. The van der Waals surface area contributed by atoms with Crippen LogP contribution in [0.25, 0.3) is 0 Å². The maximum Gasteiger partial charge on any atom is 0.315 e. The predicted octanol–water partition coefficient (Wildman–Crippen LogP) is 2.35. The summed E-state index contributed by atoms with van der Waals surface area (Å²) >= 11 is 6.01. The van der Waals surface area contributed by atoms with Crippen molar-refractivity contribution in [3.05, 3.63) is 52.5 Å². The topological polar surface area (TPSA) is 103 Å². The molecule has 2 aliphatic rings. The first-order valence-corrected chi connectivity index (χ1v) is 10.1. The lowest BCUT2D eigenvalue weighted by atomic mass is 10.1. The number of halogens is 1. The Kier molecular flexibility index (Phi) is 5.53. The first-order chi connectivity index (χ1) is 14.9. The molecule has 0 aliphatic carbocycles. The van der Waals surface area contributed by atoms with Gasteiger partial charge in [0.15, 0.2) is 0 Å². The monoisotopic (exact) mass is 438 g/mol. The summed E-state index contributed by atoms with van der Waals surface area (Å²) in [6, 6.07) is 12.0. The smallest absolute Gasteiger partial charge is 0.315 e. The standard InChI is InChI=1S/C22H19ClN4O4/c1-13-12-26(17-4-5-18(23)15(8-17)11-24)6-7-27(13)22(30)21(29)25-16-3-2-14-9-20(28)31-19(14)10-16/h2-5,8,10,13H,6-7,9,12H2,1H3,(H,25,29)/t13-/m1/s1. The summed E-state index contributed by atoms with van der Waals surface area (Å²) in [5.74, 6) is -1.32. The molecule has 0 spiro atoms. The van der Waals surface area contributed by atoms with E-state index in [0.29, 0.717) is 41.7 Å². The summed E-state index contributed by atoms with van der Waals surface area (Å²) in [7, 11) is 0. The van der Waals surface area contributed by atoms with Gasteiger partial charge < -0.3 is 19.9 Å². The fraction of sp³-hybridized carbons (Fsp3) is 0.273. The summed E-state index contributed by atoms with van der Waals surface area (Å²) in [4.78, 5) is 40.2. The van der Waals surface area contributed by atoms with Crippen LogP contribution in [0.2, 0.25) is 5.02 Å². The van der Waals surface area contributed by atoms with E-state index < -0.39 is 11.8 Å². The summed E-state index contributed by atoms with van der Waals surface area (Å²) in [5, 5.41) is 12.2. The molecule has 2 heterocycles. The molecule has 4 rings (SSSR count). The van der Waals surface area contributed by atoms with Crippen LogP contribution in [0.4, 0.5) is 11.4 Å². The number of esters is 1. The molecule has 8 nitrogen and oxygen atoms in total. The van der Waals surface area contributed by atoms with Crippen LogP contribution in [0.3, 0.4) is 0 Å². The molecule has 1 atom stereocenters. The van der Waals surface area contributed by atoms with E-state index in [-0.39, 0.29) is 18.4 Å². The van der Waals surface area contributed by atoms with Gasteiger partial charge in [0.05, 0.1) is 17.0 Å². The lowest BCUT2D eigenvalue weighted by molar-refractivity contribution is -0.144. The molecule has 2 aromatic rings. The number of carbonyl (C=O) groups excluding carboxylic acids is 3. The Hall–Kier alpha value is -3.57. The highest BCUT2D eigenvalue weighted by Crippen LogP contribution is 2.29. The second-order valence-electron chi connectivity index (χ2n) is 7.50. The van der Waals surface area contributed by atoms with Gasteiger partial charge in [-0.2, -0.15) is 5.26 Å². The number of fused-ring (bicyclic) bond motifs is 1. The van der Waals surface area contributed by atoms with E-state index >= 15 is 0 Å². The highest BCUT2D eigenvalue weighted by atomic mass is 35.5. The molecule has 1 saturated heterocycles. The second-order valence-corrected chi connectivity index (χ2v) is 7.90. The van der Waals surface area contributed by atoms with Crippen LogP contribution < -0.4 is 15.0 Å². The number of nitriles is 1. The van der Waals surface area contributed by atoms with Gasteiger partial charge in [0.1, 0.15) is 11.8 Å². The molecule has 2 aliphatic heterocycles. The van der Waals surface area contributed by atoms with E-state index in [1.807, 2.05) is 13.0 Å². The first-order valence-electron chi connectivity index (χ1n) is 9.76. The summed E-state index contributed by atoms with van der Waals surface area (Å²) in [6.45, 7) is 3.26. The number of nitrogens with one attached hydrogen (secondary N) is 1. The molecule has 31 heavy (non-hydrogen) atoms. The van der Waals surface area contributed by atoms with Crippen molar-refractivity contribution in [3.63, 3.8) is 0 Å². The number of hydrogen-bond acceptors (Lipinski definition) is 6. The van der Waals surface area contributed by atoms with Crippen LogP contribution in [-0.4, -0.2) is 48.4 Å². The lowest BCUT2D eigenvalue weighted by Gasteiger charge is -2.40. The SMILES string of the molecule is C[C@@H]1CN(c2ccc(Cl)c(C#N)c2)CCN1C(=O)C(=O)Nc1ccc2c(c1)OC(=O)C2. The average molecular weight is 439 g/mol. The maximum absolute atomic E-state index is 12.7. The Morgan fingerprint density at radius 3 is 2.77 bits per heavy atom. The molecule has 0 unspecified atom stereocenters. The summed E-state index contributed by atoms with van der Waals surface area (Å²) in [6.07, 6.45) is 0.202. The number of nitrogens with zero attached hydrogens (tertiary/aromatic N) is 3. The molecular weight excluding hydrogens is 420 g/mol. The summed E-state index contributed by atoms with van der Waals surface area (Å²) < 4.78 is 5.08. The number of amides is 2. The summed E-state index contributed by atoms with van der Waals surface area (Å²) in [5.41, 5.74) is 2.38. The molecule has 9 heteroatoms. The highest BCUT2D eigenvalue weighted by Gasteiger charge is 2.32. The van der Waals surface area contributed by atoms with Crippen LogP contribution in [0, 0.1) is 11.3 Å². The van der Waals surface area contributed by atoms with E-state index in [1.54, 1.807) is 30.3 Å². The Morgan fingerprint density at radius 1 is 1.23 bits per heavy atom. The lowest BCUT2D eigenvalue weighted by Crippen LogP contribution is -2.56. The van der Waals surface area contributed by atoms with Crippen LogP contribution >= 0.6 is 11.6 Å². The molecular formula is C22H19ClN4O4. The number of benzene rings is 2. The van der Waals surface area contributed by atoms with Gasteiger partial charge in [0.25, 0.3) is 0 Å². The normalized spacial score (nSPS) is 17.6. The number of anilines is 2. The minimum atomic E-state index is -0.747. The van der Waals surface area contributed by atoms with E-state index in [1.165, 1.54) is 4.90 Å². The molecule has 2 amide bonds. The second kappa shape index (κ2) is 8.28. The van der Waals surface area contributed by atoms with E-state index in [2.05, 4.69) is 16.3 Å². The molecule has 0 aromatic heterocycles. The third-order valence-corrected chi connectivity index (χ3v) is 5.73. The van der Waals surface area contributed by atoms with Crippen molar-refractivity contribution >= 4 is 40.8 Å². The van der Waals surface area contributed by atoms with Gasteiger partial charge in [-0.05, 0) is 31.2 Å². The number of ether oxygens (including phenoxy) is 1. The number of rotatable bonds is 2. The molecule has 158 valence electrons. The van der Waals surface area contributed by atoms with Crippen molar-refractivity contribution < 1.29 is 19.1 Å². The third kappa shape index (κ3) is 4.18. The van der Waals surface area contributed by atoms with Crippen molar-refractivity contribution in [2.45, 2.75) is 19.4 Å². The zero-order valence-corrected chi connectivity index (χ0v) is 17.5. The van der Waals surface area contributed by atoms with Crippen LogP contribution in [0.5, 0.6) is 5.75 Å². The molecule has 1 N–H and O–H groups in total. The zero-order valence-electron chi connectivity index (χ0n) is 16.7. The van der Waals surface area contributed by atoms with Gasteiger partial charge in [-0.25, -0.2) is 0 Å². The Bertz CT molecular complexity index is 1130. The van der Waals surface area contributed by atoms with Gasteiger partial charge in [0, 0.05) is 48.7 Å². The van der Waals surface area contributed by atoms with Gasteiger partial charge in [-0.3, -0.25) is 14.4 Å². The Balaban J connectivity index is 1.40. The fourth-order valence-corrected chi connectivity index (χ4v) is 3.95. The molecule has 2 aromatic carbocycles. The molecule has 0 radical (unpaired) electrons. The minimum Gasteiger partial charge on any atom is -0.426 e. The van der Waals surface area contributed by atoms with Crippen molar-refractivity contribution in [1.82, 2.24) is 4.90 Å². The van der Waals surface area contributed by atoms with Crippen molar-refractivity contribution in [2.24, 2.45) is 0 Å². The van der Waals surface area contributed by atoms with Gasteiger partial charge in [-0.15, -0.1) is 0 Å². The Labute approximate surface area is 183 Å². The van der Waals surface area contributed by atoms with E-state index in [0.717, 1.165) is 11.3 Å². The predicted molar refractivity (Wildman–Crippen MR) is 114 cm³/mol. The minimum absolute atomic E-state index is 0.202. The zero-order chi connectivity index (χ0) is 22.1. The van der Waals surface area contributed by atoms with Gasteiger partial charge >= 0.3 is 17.8 Å². The third-order valence-electron chi connectivity index (χ3n) is 5.40.